The molecule has 5 saturated carbocycles. The first-order valence-corrected chi connectivity index (χ1v) is 16.8. The lowest BCUT2D eigenvalue weighted by atomic mass is 9.32. The van der Waals surface area contributed by atoms with Crippen molar-refractivity contribution in [3.05, 3.63) is 52.6 Å². The molecule has 0 N–H and O–H groups in total. The van der Waals surface area contributed by atoms with E-state index in [4.69, 9.17) is 16.3 Å². The second kappa shape index (κ2) is 9.82. The standard InChI is InChI=1S/C38H51ClO3/c1-23(2)27-15-18-38(33(41)42-8)20-19-36(6)28(31(27)38)13-14-30-35(5)22-25(21-24-9-11-26(39)12-10-24)32(40)34(3,4)29(35)16-17-37(30,36)7/h9-12,21,27-31H,1,13-20,22H2,2-8H3/b25-21+/t27-,28-,29-,30-,31-,35-,36+,37-,38+/m0/s1. The van der Waals surface area contributed by atoms with Gasteiger partial charge in [0.05, 0.1) is 12.5 Å². The molecule has 0 saturated heterocycles. The molecular formula is C38H51ClO3. The van der Waals surface area contributed by atoms with Gasteiger partial charge in [0.25, 0.3) is 0 Å². The van der Waals surface area contributed by atoms with Crippen LogP contribution in [0.2, 0.25) is 5.02 Å². The second-order valence-electron chi connectivity index (χ2n) is 16.3. The molecule has 0 heterocycles. The quantitative estimate of drug-likeness (QED) is 0.200. The summed E-state index contributed by atoms with van der Waals surface area (Å²) in [6.07, 6.45) is 11.5. The van der Waals surface area contributed by atoms with Crippen LogP contribution in [0.3, 0.4) is 0 Å². The Bertz CT molecular complexity index is 1340. The predicted octanol–water partition coefficient (Wildman–Crippen LogP) is 9.73. The van der Waals surface area contributed by atoms with E-state index in [1.54, 1.807) is 7.11 Å². The van der Waals surface area contributed by atoms with Crippen molar-refractivity contribution in [3.8, 4) is 0 Å². The number of ketones is 1. The SMILES string of the molecule is C=C(C)[C@@H]1CC[C@@]2(C(=O)OC)CC[C@]3(C)[C@@H](CC[C@H]4[C@@]5(C)C/C(=C\c6ccc(Cl)cc6)C(=O)C(C)(C)[C@@H]5CC[C@@]43C)[C@H]12. The molecule has 5 fully saturated rings. The number of allylic oxidation sites excluding steroid dienone is 2. The maximum atomic E-state index is 14.1. The Morgan fingerprint density at radius 1 is 0.929 bits per heavy atom. The average Bonchev–Trinajstić information content (AvgIpc) is 3.34. The normalized spacial score (nSPS) is 44.9. The summed E-state index contributed by atoms with van der Waals surface area (Å²) in [5.41, 5.74) is 2.83. The van der Waals surface area contributed by atoms with Gasteiger partial charge in [-0.1, -0.05) is 70.5 Å². The molecule has 6 rings (SSSR count). The van der Waals surface area contributed by atoms with E-state index < -0.39 is 5.41 Å². The minimum atomic E-state index is -0.395. The Morgan fingerprint density at radius 2 is 1.62 bits per heavy atom. The summed E-state index contributed by atoms with van der Waals surface area (Å²) in [5.74, 6) is 2.42. The van der Waals surface area contributed by atoms with E-state index in [-0.39, 0.29) is 27.6 Å². The van der Waals surface area contributed by atoms with Crippen molar-refractivity contribution in [1.82, 2.24) is 0 Å². The Morgan fingerprint density at radius 3 is 2.26 bits per heavy atom. The summed E-state index contributed by atoms with van der Waals surface area (Å²) < 4.78 is 5.54. The lowest BCUT2D eigenvalue weighted by Crippen LogP contribution is -2.67. The first kappa shape index (κ1) is 30.2. The largest absolute Gasteiger partial charge is 0.469 e. The summed E-state index contributed by atoms with van der Waals surface area (Å²) in [5, 5.41) is 0.715. The van der Waals surface area contributed by atoms with E-state index >= 15 is 0 Å². The third-order valence-corrected chi connectivity index (χ3v) is 14.7. The van der Waals surface area contributed by atoms with Gasteiger partial charge in [-0.05, 0) is 140 Å². The monoisotopic (exact) mass is 590 g/mol. The third kappa shape index (κ3) is 3.90. The lowest BCUT2D eigenvalue weighted by molar-refractivity contribution is -0.232. The lowest BCUT2D eigenvalue weighted by Gasteiger charge is -2.72. The van der Waals surface area contributed by atoms with Gasteiger partial charge in [-0.25, -0.2) is 0 Å². The predicted molar refractivity (Wildman–Crippen MR) is 171 cm³/mol. The molecule has 0 amide bonds. The number of esters is 1. The van der Waals surface area contributed by atoms with Crippen LogP contribution in [0.1, 0.15) is 105 Å². The maximum absolute atomic E-state index is 14.1. The fourth-order valence-corrected chi connectivity index (χ4v) is 12.6. The van der Waals surface area contributed by atoms with Crippen LogP contribution in [0.25, 0.3) is 6.08 Å². The van der Waals surface area contributed by atoms with Crippen LogP contribution in [0.4, 0.5) is 0 Å². The number of methoxy groups -OCH3 is 1. The van der Waals surface area contributed by atoms with Crippen LogP contribution in [-0.2, 0) is 14.3 Å². The Labute approximate surface area is 258 Å². The van der Waals surface area contributed by atoms with Gasteiger partial charge >= 0.3 is 5.97 Å². The highest BCUT2D eigenvalue weighted by Gasteiger charge is 2.72. The van der Waals surface area contributed by atoms with E-state index in [9.17, 15) is 9.59 Å². The van der Waals surface area contributed by atoms with E-state index in [1.165, 1.54) is 12.0 Å². The van der Waals surface area contributed by atoms with Crippen LogP contribution in [-0.4, -0.2) is 18.9 Å². The minimum Gasteiger partial charge on any atom is -0.469 e. The summed E-state index contributed by atoms with van der Waals surface area (Å²) >= 11 is 6.18. The Hall–Kier alpha value is -1.87. The molecule has 3 nitrogen and oxygen atoms in total. The molecule has 4 heteroatoms. The molecule has 228 valence electrons. The molecule has 0 aliphatic heterocycles. The molecule has 1 aromatic rings. The zero-order valence-electron chi connectivity index (χ0n) is 26.9. The third-order valence-electron chi connectivity index (χ3n) is 14.5. The van der Waals surface area contributed by atoms with Crippen molar-refractivity contribution in [1.29, 1.82) is 0 Å². The number of fused-ring (bicyclic) bond motifs is 7. The number of benzene rings is 1. The molecule has 0 aromatic heterocycles. The van der Waals surface area contributed by atoms with Crippen molar-refractivity contribution >= 4 is 29.4 Å². The van der Waals surface area contributed by atoms with E-state index in [2.05, 4.69) is 54.2 Å². The topological polar surface area (TPSA) is 43.4 Å². The van der Waals surface area contributed by atoms with Gasteiger partial charge in [0.15, 0.2) is 5.78 Å². The number of hydrogen-bond donors (Lipinski definition) is 0. The Balaban J connectivity index is 1.41. The van der Waals surface area contributed by atoms with Crippen molar-refractivity contribution in [2.75, 3.05) is 7.11 Å². The number of Topliss-reactive ketones (excluding diaryl/α,β-unsaturated/α-hetero) is 1. The fourth-order valence-electron chi connectivity index (χ4n) is 12.4. The van der Waals surface area contributed by atoms with Crippen LogP contribution in [0, 0.1) is 56.7 Å². The number of rotatable bonds is 3. The number of carbonyl (C=O) groups is 2. The van der Waals surface area contributed by atoms with Gasteiger partial charge in [0.2, 0.25) is 0 Å². The van der Waals surface area contributed by atoms with Crippen LogP contribution in [0.5, 0.6) is 0 Å². The highest BCUT2D eigenvalue weighted by atomic mass is 35.5. The molecule has 0 unspecified atom stereocenters. The zero-order valence-corrected chi connectivity index (χ0v) is 27.7. The van der Waals surface area contributed by atoms with E-state index in [0.717, 1.165) is 62.5 Å². The Kier molecular flexibility index (Phi) is 7.05. The van der Waals surface area contributed by atoms with Gasteiger partial charge in [0, 0.05) is 10.4 Å². The molecule has 9 atom stereocenters. The first-order chi connectivity index (χ1) is 19.7. The highest BCUT2D eigenvalue weighted by molar-refractivity contribution is 6.30. The molecule has 1 aromatic carbocycles. The number of carbonyl (C=O) groups excluding carboxylic acids is 2. The van der Waals surface area contributed by atoms with Crippen LogP contribution >= 0.6 is 11.6 Å². The van der Waals surface area contributed by atoms with Crippen molar-refractivity contribution in [2.45, 2.75) is 99.3 Å². The summed E-state index contributed by atoms with van der Waals surface area (Å²) in [6, 6.07) is 7.87. The second-order valence-corrected chi connectivity index (χ2v) is 16.7. The minimum absolute atomic E-state index is 0.0192. The van der Waals surface area contributed by atoms with Crippen molar-refractivity contribution < 1.29 is 14.3 Å². The van der Waals surface area contributed by atoms with E-state index in [0.29, 0.717) is 40.4 Å². The van der Waals surface area contributed by atoms with E-state index in [1.807, 2.05) is 24.3 Å². The number of ether oxygens (including phenoxy) is 1. The summed E-state index contributed by atoms with van der Waals surface area (Å²) in [7, 11) is 1.58. The summed E-state index contributed by atoms with van der Waals surface area (Å²) in [6.45, 7) is 18.8. The molecule has 0 radical (unpaired) electrons. The molecule has 0 spiro atoms. The first-order valence-electron chi connectivity index (χ1n) is 16.4. The number of hydrogen-bond acceptors (Lipinski definition) is 3. The van der Waals surface area contributed by atoms with Gasteiger partial charge in [-0.3, -0.25) is 9.59 Å². The highest BCUT2D eigenvalue weighted by Crippen LogP contribution is 2.77. The molecule has 0 bridgehead atoms. The van der Waals surface area contributed by atoms with Gasteiger partial charge in [-0.15, -0.1) is 0 Å². The fraction of sp³-hybridized carbons (Fsp3) is 0.684. The summed E-state index contributed by atoms with van der Waals surface area (Å²) in [4.78, 5) is 27.6. The van der Waals surface area contributed by atoms with Crippen molar-refractivity contribution in [3.63, 3.8) is 0 Å². The van der Waals surface area contributed by atoms with Gasteiger partial charge in [-0.2, -0.15) is 0 Å². The number of halogens is 1. The molecule has 42 heavy (non-hydrogen) atoms. The molecular weight excluding hydrogens is 540 g/mol. The van der Waals surface area contributed by atoms with Gasteiger partial charge < -0.3 is 4.74 Å². The van der Waals surface area contributed by atoms with Crippen LogP contribution < -0.4 is 0 Å². The van der Waals surface area contributed by atoms with Gasteiger partial charge in [0.1, 0.15) is 0 Å². The maximum Gasteiger partial charge on any atom is 0.312 e. The smallest absolute Gasteiger partial charge is 0.312 e. The molecule has 5 aliphatic carbocycles. The average molecular weight is 591 g/mol. The van der Waals surface area contributed by atoms with Crippen molar-refractivity contribution in [2.24, 2.45) is 56.7 Å². The van der Waals surface area contributed by atoms with Crippen LogP contribution in [0.15, 0.2) is 42.0 Å². The zero-order chi connectivity index (χ0) is 30.5. The molecule has 5 aliphatic rings.